The van der Waals surface area contributed by atoms with E-state index in [2.05, 4.69) is 15.5 Å². The van der Waals surface area contributed by atoms with Gasteiger partial charge in [-0.3, -0.25) is 4.79 Å². The van der Waals surface area contributed by atoms with Crippen LogP contribution >= 0.6 is 0 Å². The van der Waals surface area contributed by atoms with Crippen molar-refractivity contribution in [1.82, 2.24) is 15.5 Å². The predicted octanol–water partition coefficient (Wildman–Crippen LogP) is 3.55. The fourth-order valence-electron chi connectivity index (χ4n) is 2.55. The molecule has 0 aliphatic carbocycles. The van der Waals surface area contributed by atoms with E-state index < -0.39 is 6.04 Å². The molecule has 3 rings (SSSR count). The third kappa shape index (κ3) is 4.08. The van der Waals surface area contributed by atoms with Crippen LogP contribution in [0.1, 0.15) is 34.8 Å². The van der Waals surface area contributed by atoms with E-state index in [0.717, 1.165) is 11.1 Å². The van der Waals surface area contributed by atoms with Gasteiger partial charge in [0, 0.05) is 11.1 Å². The third-order valence-electron chi connectivity index (χ3n) is 4.12. The Labute approximate surface area is 157 Å². The summed E-state index contributed by atoms with van der Waals surface area (Å²) in [5.74, 6) is 1.58. The Morgan fingerprint density at radius 1 is 1.07 bits per heavy atom. The van der Waals surface area contributed by atoms with Crippen molar-refractivity contribution >= 4 is 5.91 Å². The Bertz CT molecular complexity index is 935. The minimum atomic E-state index is -0.447. The number of amides is 1. The van der Waals surface area contributed by atoms with Crippen LogP contribution < -0.4 is 14.8 Å². The number of hydrogen-bond acceptors (Lipinski definition) is 6. The van der Waals surface area contributed by atoms with Crippen molar-refractivity contribution in [2.24, 2.45) is 0 Å². The third-order valence-corrected chi connectivity index (χ3v) is 4.12. The second-order valence-corrected chi connectivity index (χ2v) is 6.09. The SMILES string of the molecule is COc1ccc(C(=O)NC(C)c2nc(-c3ccc(C)cc3)no2)cc1OC. The number of carbonyl (C=O) groups excluding carboxylic acids is 1. The largest absolute Gasteiger partial charge is 0.493 e. The van der Waals surface area contributed by atoms with E-state index in [0.29, 0.717) is 28.8 Å². The first kappa shape index (κ1) is 18.4. The lowest BCUT2D eigenvalue weighted by Gasteiger charge is -2.12. The minimum absolute atomic E-state index is 0.279. The van der Waals surface area contributed by atoms with E-state index >= 15 is 0 Å². The molecule has 0 radical (unpaired) electrons. The summed E-state index contributed by atoms with van der Waals surface area (Å²) in [5, 5.41) is 6.84. The van der Waals surface area contributed by atoms with Gasteiger partial charge >= 0.3 is 0 Å². The smallest absolute Gasteiger partial charge is 0.252 e. The summed E-state index contributed by atoms with van der Waals surface area (Å²) in [4.78, 5) is 16.9. The molecular formula is C20H21N3O4. The maximum absolute atomic E-state index is 12.5. The van der Waals surface area contributed by atoms with Crippen LogP contribution in [0.4, 0.5) is 0 Å². The van der Waals surface area contributed by atoms with Gasteiger partial charge in [-0.25, -0.2) is 0 Å². The average molecular weight is 367 g/mol. The molecular weight excluding hydrogens is 346 g/mol. The number of methoxy groups -OCH3 is 2. The van der Waals surface area contributed by atoms with Crippen molar-refractivity contribution in [2.75, 3.05) is 14.2 Å². The monoisotopic (exact) mass is 367 g/mol. The van der Waals surface area contributed by atoms with Crippen molar-refractivity contribution in [3.63, 3.8) is 0 Å². The Hall–Kier alpha value is -3.35. The molecule has 1 atom stereocenters. The maximum Gasteiger partial charge on any atom is 0.252 e. The second kappa shape index (κ2) is 7.90. The Morgan fingerprint density at radius 2 is 1.78 bits per heavy atom. The molecule has 0 spiro atoms. The molecule has 0 aliphatic rings. The van der Waals surface area contributed by atoms with Gasteiger partial charge in [0.15, 0.2) is 11.5 Å². The minimum Gasteiger partial charge on any atom is -0.493 e. The molecule has 7 nitrogen and oxygen atoms in total. The molecule has 2 aromatic carbocycles. The zero-order chi connectivity index (χ0) is 19.4. The highest BCUT2D eigenvalue weighted by molar-refractivity contribution is 5.95. The lowest BCUT2D eigenvalue weighted by molar-refractivity contribution is 0.0932. The first-order chi connectivity index (χ1) is 13.0. The lowest BCUT2D eigenvalue weighted by Crippen LogP contribution is -2.26. The van der Waals surface area contributed by atoms with Crippen molar-refractivity contribution in [2.45, 2.75) is 19.9 Å². The molecule has 0 saturated heterocycles. The van der Waals surface area contributed by atoms with E-state index in [1.807, 2.05) is 31.2 Å². The van der Waals surface area contributed by atoms with Crippen LogP contribution in [-0.4, -0.2) is 30.3 Å². The van der Waals surface area contributed by atoms with Gasteiger partial charge in [0.1, 0.15) is 6.04 Å². The zero-order valence-electron chi connectivity index (χ0n) is 15.6. The average Bonchev–Trinajstić information content (AvgIpc) is 3.18. The molecule has 1 unspecified atom stereocenters. The fraction of sp³-hybridized carbons (Fsp3) is 0.250. The van der Waals surface area contributed by atoms with Crippen LogP contribution in [0.2, 0.25) is 0 Å². The summed E-state index contributed by atoms with van der Waals surface area (Å²) < 4.78 is 15.7. The van der Waals surface area contributed by atoms with Gasteiger partial charge in [0.25, 0.3) is 5.91 Å². The topological polar surface area (TPSA) is 86.5 Å². The van der Waals surface area contributed by atoms with Crippen LogP contribution in [0, 0.1) is 6.92 Å². The highest BCUT2D eigenvalue weighted by Crippen LogP contribution is 2.28. The van der Waals surface area contributed by atoms with Gasteiger partial charge in [-0.1, -0.05) is 35.0 Å². The molecule has 0 saturated carbocycles. The standard InChI is InChI=1S/C20H21N3O4/c1-12-5-7-14(8-6-12)18-22-20(27-23-18)13(2)21-19(24)15-9-10-16(25-3)17(11-15)26-4/h5-11,13H,1-4H3,(H,21,24). The Morgan fingerprint density at radius 3 is 2.44 bits per heavy atom. The van der Waals surface area contributed by atoms with Gasteiger partial charge in [-0.15, -0.1) is 0 Å². The predicted molar refractivity (Wildman–Crippen MR) is 99.9 cm³/mol. The first-order valence-corrected chi connectivity index (χ1v) is 8.45. The van der Waals surface area contributed by atoms with Crippen LogP contribution in [-0.2, 0) is 0 Å². The number of ether oxygens (including phenoxy) is 2. The number of nitrogens with zero attached hydrogens (tertiary/aromatic N) is 2. The fourth-order valence-corrected chi connectivity index (χ4v) is 2.55. The zero-order valence-corrected chi connectivity index (χ0v) is 15.6. The molecule has 1 heterocycles. The van der Waals surface area contributed by atoms with Crippen LogP contribution in [0.25, 0.3) is 11.4 Å². The summed E-state index contributed by atoms with van der Waals surface area (Å²) in [6.45, 7) is 3.79. The van der Waals surface area contributed by atoms with E-state index in [9.17, 15) is 4.79 Å². The summed E-state index contributed by atoms with van der Waals surface area (Å²) in [7, 11) is 3.06. The van der Waals surface area contributed by atoms with Crippen molar-refractivity contribution < 1.29 is 18.8 Å². The first-order valence-electron chi connectivity index (χ1n) is 8.45. The number of carbonyl (C=O) groups is 1. The maximum atomic E-state index is 12.5. The Balaban J connectivity index is 1.72. The second-order valence-electron chi connectivity index (χ2n) is 6.09. The molecule has 27 heavy (non-hydrogen) atoms. The van der Waals surface area contributed by atoms with Gasteiger partial charge in [-0.05, 0) is 32.0 Å². The molecule has 1 aromatic heterocycles. The number of nitrogens with one attached hydrogen (secondary N) is 1. The number of hydrogen-bond donors (Lipinski definition) is 1. The van der Waals surface area contributed by atoms with Crippen LogP contribution in [0.5, 0.6) is 11.5 Å². The molecule has 0 aliphatic heterocycles. The molecule has 0 bridgehead atoms. The normalized spacial score (nSPS) is 11.7. The van der Waals surface area contributed by atoms with Crippen LogP contribution in [0.15, 0.2) is 47.0 Å². The van der Waals surface area contributed by atoms with Crippen LogP contribution in [0.3, 0.4) is 0 Å². The van der Waals surface area contributed by atoms with Crippen molar-refractivity contribution in [3.05, 3.63) is 59.5 Å². The Kier molecular flexibility index (Phi) is 5.40. The molecule has 140 valence electrons. The molecule has 0 fully saturated rings. The quantitative estimate of drug-likeness (QED) is 0.717. The van der Waals surface area contributed by atoms with Crippen molar-refractivity contribution in [3.8, 4) is 22.9 Å². The lowest BCUT2D eigenvalue weighted by atomic mass is 10.1. The van der Waals surface area contributed by atoms with Crippen molar-refractivity contribution in [1.29, 1.82) is 0 Å². The highest BCUT2D eigenvalue weighted by Gasteiger charge is 2.19. The van der Waals surface area contributed by atoms with E-state index in [1.165, 1.54) is 7.11 Å². The van der Waals surface area contributed by atoms with Gasteiger partial charge in [0.05, 0.1) is 14.2 Å². The van der Waals surface area contributed by atoms with Gasteiger partial charge in [0.2, 0.25) is 11.7 Å². The molecule has 3 aromatic rings. The van der Waals surface area contributed by atoms with E-state index in [-0.39, 0.29) is 5.91 Å². The summed E-state index contributed by atoms with van der Waals surface area (Å²) >= 11 is 0. The summed E-state index contributed by atoms with van der Waals surface area (Å²) in [6.07, 6.45) is 0. The summed E-state index contributed by atoms with van der Waals surface area (Å²) in [6, 6.07) is 12.3. The number of rotatable bonds is 6. The molecule has 1 amide bonds. The van der Waals surface area contributed by atoms with E-state index in [4.69, 9.17) is 14.0 Å². The molecule has 7 heteroatoms. The van der Waals surface area contributed by atoms with Gasteiger partial charge < -0.3 is 19.3 Å². The number of benzene rings is 2. The van der Waals surface area contributed by atoms with Gasteiger partial charge in [-0.2, -0.15) is 4.98 Å². The number of aromatic nitrogens is 2. The number of aryl methyl sites for hydroxylation is 1. The van der Waals surface area contributed by atoms with E-state index in [1.54, 1.807) is 32.2 Å². The molecule has 1 N–H and O–H groups in total. The summed E-state index contributed by atoms with van der Waals surface area (Å²) in [5.41, 5.74) is 2.45. The highest BCUT2D eigenvalue weighted by atomic mass is 16.5.